The zero-order chi connectivity index (χ0) is 26.6. The van der Waals surface area contributed by atoms with E-state index in [4.69, 9.17) is 9.84 Å². The van der Waals surface area contributed by atoms with Crippen LogP contribution in [-0.4, -0.2) is 70.6 Å². The lowest BCUT2D eigenvalue weighted by atomic mass is 10.1. The molecular formula is C26H27FN6O5. The van der Waals surface area contributed by atoms with Gasteiger partial charge in [0.25, 0.3) is 5.91 Å². The van der Waals surface area contributed by atoms with Gasteiger partial charge in [0, 0.05) is 31.9 Å². The number of pyridine rings is 2. The SMILES string of the molecule is O=C(NCc1ccc(F)cc1)c1ccc2c(n1)N(C(=O)Nc1cc(OC[C@H](O)CO)ccn1)[C@H]1CCN2C1. The summed E-state index contributed by atoms with van der Waals surface area (Å²) < 4.78 is 18.6. The van der Waals surface area contributed by atoms with Gasteiger partial charge in [-0.2, -0.15) is 0 Å². The van der Waals surface area contributed by atoms with Gasteiger partial charge < -0.3 is 25.2 Å². The van der Waals surface area contributed by atoms with Crippen LogP contribution in [0.3, 0.4) is 0 Å². The van der Waals surface area contributed by atoms with Crippen molar-refractivity contribution < 1.29 is 28.9 Å². The summed E-state index contributed by atoms with van der Waals surface area (Å²) in [5, 5.41) is 24.0. The van der Waals surface area contributed by atoms with Gasteiger partial charge in [0.15, 0.2) is 5.82 Å². The van der Waals surface area contributed by atoms with E-state index in [-0.39, 0.29) is 36.5 Å². The van der Waals surface area contributed by atoms with Gasteiger partial charge in [0.2, 0.25) is 0 Å². The molecule has 2 bridgehead atoms. The molecule has 1 saturated heterocycles. The predicted octanol–water partition coefficient (Wildman–Crippen LogP) is 1.91. The Bertz CT molecular complexity index is 1320. The van der Waals surface area contributed by atoms with E-state index in [1.807, 2.05) is 0 Å². The number of aromatic nitrogens is 2. The van der Waals surface area contributed by atoms with Crippen molar-refractivity contribution in [2.75, 3.05) is 41.4 Å². The van der Waals surface area contributed by atoms with Gasteiger partial charge in [-0.1, -0.05) is 12.1 Å². The minimum atomic E-state index is -1.02. The van der Waals surface area contributed by atoms with Gasteiger partial charge in [0.1, 0.15) is 35.8 Å². The van der Waals surface area contributed by atoms with E-state index in [9.17, 15) is 19.1 Å². The van der Waals surface area contributed by atoms with E-state index in [2.05, 4.69) is 25.5 Å². The highest BCUT2D eigenvalue weighted by Crippen LogP contribution is 2.39. The molecule has 11 nitrogen and oxygen atoms in total. The van der Waals surface area contributed by atoms with Crippen molar-refractivity contribution in [1.82, 2.24) is 15.3 Å². The number of hydrogen-bond acceptors (Lipinski definition) is 8. The fourth-order valence-corrected chi connectivity index (χ4v) is 4.46. The average Bonchev–Trinajstić information content (AvgIpc) is 3.35. The quantitative estimate of drug-likeness (QED) is 0.352. The van der Waals surface area contributed by atoms with Crippen molar-refractivity contribution >= 4 is 29.3 Å². The number of rotatable bonds is 8. The molecule has 3 aromatic rings. The van der Waals surface area contributed by atoms with Crippen molar-refractivity contribution in [2.24, 2.45) is 0 Å². The van der Waals surface area contributed by atoms with E-state index in [1.54, 1.807) is 35.2 Å². The smallest absolute Gasteiger partial charge is 0.329 e. The Morgan fingerprint density at radius 2 is 2.00 bits per heavy atom. The number of amides is 3. The number of carbonyl (C=O) groups is 2. The molecule has 2 aromatic heterocycles. The van der Waals surface area contributed by atoms with Crippen LogP contribution in [0.4, 0.5) is 26.5 Å². The number of hydrogen-bond donors (Lipinski definition) is 4. The second-order valence-electron chi connectivity index (χ2n) is 9.06. The van der Waals surface area contributed by atoms with Crippen LogP contribution in [0.2, 0.25) is 0 Å². The highest BCUT2D eigenvalue weighted by Gasteiger charge is 2.40. The molecule has 1 fully saturated rings. The van der Waals surface area contributed by atoms with Crippen molar-refractivity contribution in [2.45, 2.75) is 25.1 Å². The number of aliphatic hydroxyl groups excluding tert-OH is 2. The maximum Gasteiger partial charge on any atom is 0.329 e. The van der Waals surface area contributed by atoms with Crippen molar-refractivity contribution in [3.63, 3.8) is 0 Å². The van der Waals surface area contributed by atoms with Crippen LogP contribution in [0.25, 0.3) is 0 Å². The van der Waals surface area contributed by atoms with Crippen LogP contribution in [0.1, 0.15) is 22.5 Å². The van der Waals surface area contributed by atoms with Crippen molar-refractivity contribution in [3.05, 3.63) is 71.8 Å². The summed E-state index contributed by atoms with van der Waals surface area (Å²) in [6.07, 6.45) is 1.18. The number of fused-ring (bicyclic) bond motifs is 4. The number of nitrogens with zero attached hydrogens (tertiary/aromatic N) is 4. The fraction of sp³-hybridized carbons (Fsp3) is 0.308. The molecular weight excluding hydrogens is 495 g/mol. The average molecular weight is 523 g/mol. The highest BCUT2D eigenvalue weighted by molar-refractivity contribution is 6.05. The Kier molecular flexibility index (Phi) is 7.33. The molecule has 0 radical (unpaired) electrons. The molecule has 1 aromatic carbocycles. The number of aliphatic hydroxyl groups is 2. The number of anilines is 3. The van der Waals surface area contributed by atoms with Crippen LogP contribution in [0, 0.1) is 5.82 Å². The molecule has 4 N–H and O–H groups in total. The molecule has 38 heavy (non-hydrogen) atoms. The van der Waals surface area contributed by atoms with Gasteiger partial charge in [-0.05, 0) is 42.3 Å². The first-order valence-corrected chi connectivity index (χ1v) is 12.2. The lowest BCUT2D eigenvalue weighted by Gasteiger charge is -2.35. The lowest BCUT2D eigenvalue weighted by molar-refractivity contribution is 0.0536. The van der Waals surface area contributed by atoms with E-state index in [1.165, 1.54) is 24.4 Å². The molecule has 4 heterocycles. The first-order valence-electron chi connectivity index (χ1n) is 12.2. The molecule has 0 aliphatic carbocycles. The minimum absolute atomic E-state index is 0.110. The van der Waals surface area contributed by atoms with Crippen LogP contribution >= 0.6 is 0 Å². The van der Waals surface area contributed by atoms with Gasteiger partial charge in [0.05, 0.1) is 18.3 Å². The third kappa shape index (κ3) is 5.50. The van der Waals surface area contributed by atoms with Gasteiger partial charge in [-0.15, -0.1) is 0 Å². The summed E-state index contributed by atoms with van der Waals surface area (Å²) in [6, 6.07) is 11.8. The molecule has 12 heteroatoms. The number of nitrogens with one attached hydrogen (secondary N) is 2. The zero-order valence-corrected chi connectivity index (χ0v) is 20.4. The van der Waals surface area contributed by atoms with E-state index in [0.29, 0.717) is 18.1 Å². The topological polar surface area (TPSA) is 140 Å². The Morgan fingerprint density at radius 1 is 1.18 bits per heavy atom. The summed E-state index contributed by atoms with van der Waals surface area (Å²) >= 11 is 0. The Hall–Kier alpha value is -4.29. The summed E-state index contributed by atoms with van der Waals surface area (Å²) in [7, 11) is 0. The van der Waals surface area contributed by atoms with Gasteiger partial charge in [-0.25, -0.2) is 19.2 Å². The van der Waals surface area contributed by atoms with Gasteiger partial charge >= 0.3 is 6.03 Å². The van der Waals surface area contributed by atoms with Crippen LogP contribution < -0.4 is 25.2 Å². The molecule has 0 spiro atoms. The first-order chi connectivity index (χ1) is 18.4. The number of halogens is 1. The number of carbonyl (C=O) groups excluding carboxylic acids is 2. The third-order valence-electron chi connectivity index (χ3n) is 6.39. The predicted molar refractivity (Wildman–Crippen MR) is 137 cm³/mol. The summed E-state index contributed by atoms with van der Waals surface area (Å²) in [5.74, 6) is 0.216. The summed E-state index contributed by atoms with van der Waals surface area (Å²) in [4.78, 5) is 38.7. The number of urea groups is 1. The second kappa shape index (κ2) is 11.0. The van der Waals surface area contributed by atoms with E-state index < -0.39 is 24.6 Å². The molecule has 3 amide bonds. The second-order valence-corrected chi connectivity index (χ2v) is 9.06. The maximum absolute atomic E-state index is 13.4. The molecule has 198 valence electrons. The van der Waals surface area contributed by atoms with Crippen LogP contribution in [0.15, 0.2) is 54.7 Å². The normalized spacial score (nSPS) is 16.6. The van der Waals surface area contributed by atoms with Crippen molar-refractivity contribution in [3.8, 4) is 5.75 Å². The summed E-state index contributed by atoms with van der Waals surface area (Å²) in [6.45, 7) is 1.07. The lowest BCUT2D eigenvalue weighted by Crippen LogP contribution is -2.48. The van der Waals surface area contributed by atoms with Crippen molar-refractivity contribution in [1.29, 1.82) is 0 Å². The molecule has 0 unspecified atom stereocenters. The highest BCUT2D eigenvalue weighted by atomic mass is 19.1. The molecule has 2 atom stereocenters. The molecule has 0 saturated carbocycles. The minimum Gasteiger partial charge on any atom is -0.491 e. The monoisotopic (exact) mass is 522 g/mol. The van der Waals surface area contributed by atoms with E-state index >= 15 is 0 Å². The zero-order valence-electron chi connectivity index (χ0n) is 20.4. The van der Waals surface area contributed by atoms with E-state index in [0.717, 1.165) is 24.2 Å². The summed E-state index contributed by atoms with van der Waals surface area (Å²) in [5.41, 5.74) is 1.65. The fourth-order valence-electron chi connectivity index (χ4n) is 4.46. The third-order valence-corrected chi connectivity index (χ3v) is 6.39. The Balaban J connectivity index is 1.32. The standard InChI is InChI=1S/C26H27FN6O5/c27-17-3-1-16(2-4-17)12-29-25(36)21-5-6-22-24(30-21)33(18-8-10-32(22)13-18)26(37)31-23-11-20(7-9-28-23)38-15-19(35)14-34/h1-7,9,11,18-19,34-35H,8,10,12-15H2,(H,29,36)(H,28,31,37)/t18-,19+/m0/s1. The van der Waals surface area contributed by atoms with Gasteiger partial charge in [-0.3, -0.25) is 15.0 Å². The first kappa shape index (κ1) is 25.4. The number of ether oxygens (including phenoxy) is 1. The van der Waals surface area contributed by atoms with Crippen LogP contribution in [-0.2, 0) is 6.54 Å². The largest absolute Gasteiger partial charge is 0.491 e. The Morgan fingerprint density at radius 3 is 2.79 bits per heavy atom. The number of benzene rings is 1. The maximum atomic E-state index is 13.4. The molecule has 5 rings (SSSR count). The molecule has 2 aliphatic heterocycles. The van der Waals surface area contributed by atoms with Crippen LogP contribution in [0.5, 0.6) is 5.75 Å². The Labute approximate surface area is 217 Å². The molecule has 2 aliphatic rings.